The van der Waals surface area contributed by atoms with Gasteiger partial charge in [-0.1, -0.05) is 66.7 Å². The van der Waals surface area contributed by atoms with Gasteiger partial charge in [-0.25, -0.2) is 0 Å². The highest BCUT2D eigenvalue weighted by Gasteiger charge is 2.29. The van der Waals surface area contributed by atoms with Gasteiger partial charge >= 0.3 is 0 Å². The van der Waals surface area contributed by atoms with Crippen LogP contribution in [0.1, 0.15) is 36.9 Å². The van der Waals surface area contributed by atoms with Crippen LogP contribution in [0, 0.1) is 5.92 Å². The minimum absolute atomic E-state index is 0.0351. The molecule has 154 valence electrons. The van der Waals surface area contributed by atoms with Crippen molar-refractivity contribution in [2.45, 2.75) is 32.2 Å². The van der Waals surface area contributed by atoms with Crippen molar-refractivity contribution in [3.8, 4) is 0 Å². The van der Waals surface area contributed by atoms with Crippen molar-refractivity contribution in [1.82, 2.24) is 10.2 Å². The molecule has 30 heavy (non-hydrogen) atoms. The normalized spacial score (nSPS) is 17.5. The summed E-state index contributed by atoms with van der Waals surface area (Å²) in [5, 5.41) is 5.53. The molecule has 4 rings (SSSR count). The fourth-order valence-electron chi connectivity index (χ4n) is 4.19. The van der Waals surface area contributed by atoms with Gasteiger partial charge in [0, 0.05) is 13.1 Å². The Hall–Kier alpha value is -3.14. The first-order chi connectivity index (χ1) is 14.6. The molecular weight excluding hydrogens is 372 g/mol. The molecule has 0 radical (unpaired) electrons. The van der Waals surface area contributed by atoms with Gasteiger partial charge in [-0.05, 0) is 47.7 Å². The maximum absolute atomic E-state index is 12.9. The van der Waals surface area contributed by atoms with Gasteiger partial charge in [0.1, 0.15) is 0 Å². The molecule has 3 aromatic rings. The molecule has 2 atom stereocenters. The molecule has 0 aromatic heterocycles. The number of amides is 2. The Morgan fingerprint density at radius 2 is 1.73 bits per heavy atom. The van der Waals surface area contributed by atoms with E-state index < -0.39 is 0 Å². The van der Waals surface area contributed by atoms with Crippen LogP contribution in [-0.4, -0.2) is 29.8 Å². The van der Waals surface area contributed by atoms with E-state index in [1.165, 1.54) is 10.8 Å². The summed E-state index contributed by atoms with van der Waals surface area (Å²) < 4.78 is 0. The number of nitrogens with one attached hydrogen (secondary N) is 1. The second-order valence-electron chi connectivity index (χ2n) is 8.18. The lowest BCUT2D eigenvalue weighted by molar-refractivity contribution is -0.135. The van der Waals surface area contributed by atoms with E-state index in [9.17, 15) is 9.59 Å². The Morgan fingerprint density at radius 1 is 1.00 bits per heavy atom. The molecule has 0 saturated carbocycles. The van der Waals surface area contributed by atoms with E-state index in [1.807, 2.05) is 54.3 Å². The fourth-order valence-corrected chi connectivity index (χ4v) is 4.19. The molecule has 0 bridgehead atoms. The van der Waals surface area contributed by atoms with Gasteiger partial charge in [-0.2, -0.15) is 0 Å². The Balaban J connectivity index is 1.37. The molecular formula is C26H28N2O2. The second-order valence-corrected chi connectivity index (χ2v) is 8.18. The summed E-state index contributed by atoms with van der Waals surface area (Å²) in [6.07, 6.45) is 2.08. The van der Waals surface area contributed by atoms with Gasteiger partial charge in [0.25, 0.3) is 0 Å². The lowest BCUT2D eigenvalue weighted by Gasteiger charge is -2.33. The second kappa shape index (κ2) is 9.12. The average Bonchev–Trinajstić information content (AvgIpc) is 2.79. The van der Waals surface area contributed by atoms with Crippen molar-refractivity contribution >= 4 is 22.6 Å². The van der Waals surface area contributed by atoms with Crippen LogP contribution in [0.25, 0.3) is 10.8 Å². The molecule has 2 amide bonds. The van der Waals surface area contributed by atoms with Gasteiger partial charge in [0.2, 0.25) is 11.8 Å². The summed E-state index contributed by atoms with van der Waals surface area (Å²) in [4.78, 5) is 27.5. The number of hydrogen-bond acceptors (Lipinski definition) is 2. The third kappa shape index (κ3) is 4.70. The maximum Gasteiger partial charge on any atom is 0.227 e. The number of rotatable bonds is 5. The monoisotopic (exact) mass is 400 g/mol. The van der Waals surface area contributed by atoms with E-state index in [4.69, 9.17) is 0 Å². The topological polar surface area (TPSA) is 49.4 Å². The minimum Gasteiger partial charge on any atom is -0.349 e. The van der Waals surface area contributed by atoms with E-state index in [0.29, 0.717) is 13.0 Å². The van der Waals surface area contributed by atoms with Crippen molar-refractivity contribution < 1.29 is 9.59 Å². The van der Waals surface area contributed by atoms with E-state index in [1.54, 1.807) is 0 Å². The molecule has 1 saturated heterocycles. The summed E-state index contributed by atoms with van der Waals surface area (Å²) in [7, 11) is 0. The number of hydrogen-bond donors (Lipinski definition) is 1. The van der Waals surface area contributed by atoms with Crippen LogP contribution in [-0.2, 0) is 16.0 Å². The highest BCUT2D eigenvalue weighted by molar-refractivity contribution is 5.84. The lowest BCUT2D eigenvalue weighted by atomic mass is 9.95. The van der Waals surface area contributed by atoms with Crippen LogP contribution >= 0.6 is 0 Å². The molecule has 0 aliphatic carbocycles. The van der Waals surface area contributed by atoms with E-state index >= 15 is 0 Å². The number of benzene rings is 3. The summed E-state index contributed by atoms with van der Waals surface area (Å²) in [5.41, 5.74) is 2.11. The molecule has 0 spiro atoms. The third-order valence-electron chi connectivity index (χ3n) is 5.98. The standard InChI is InChI=1S/C26H28N2O2/c1-19(22-14-13-21-10-5-6-11-23(21)17-22)27-26(30)24-12-7-15-28(18-24)25(29)16-20-8-3-2-4-9-20/h2-6,8-11,13-14,17,19,24H,7,12,15-16,18H2,1H3,(H,27,30)/t19-,24-/m1/s1. The van der Waals surface area contributed by atoms with Crippen molar-refractivity contribution in [3.05, 3.63) is 83.9 Å². The highest BCUT2D eigenvalue weighted by atomic mass is 16.2. The van der Waals surface area contributed by atoms with Crippen LogP contribution in [0.2, 0.25) is 0 Å². The zero-order chi connectivity index (χ0) is 20.9. The number of carbonyl (C=O) groups excluding carboxylic acids is 2. The lowest BCUT2D eigenvalue weighted by Crippen LogP contribution is -2.46. The Kier molecular flexibility index (Phi) is 6.12. The zero-order valence-electron chi connectivity index (χ0n) is 17.4. The number of nitrogens with zero attached hydrogens (tertiary/aromatic N) is 1. The smallest absolute Gasteiger partial charge is 0.227 e. The average molecular weight is 401 g/mol. The number of carbonyl (C=O) groups is 2. The first kappa shape index (κ1) is 20.1. The number of fused-ring (bicyclic) bond motifs is 1. The predicted octanol–water partition coefficient (Wildman–Crippen LogP) is 4.50. The largest absolute Gasteiger partial charge is 0.349 e. The summed E-state index contributed by atoms with van der Waals surface area (Å²) >= 11 is 0. The Morgan fingerprint density at radius 3 is 2.53 bits per heavy atom. The summed E-state index contributed by atoms with van der Waals surface area (Å²) in [6.45, 7) is 3.25. The molecule has 1 aliphatic rings. The SMILES string of the molecule is C[C@@H](NC(=O)[C@@H]1CCCN(C(=O)Cc2ccccc2)C1)c1ccc2ccccc2c1. The number of piperidine rings is 1. The summed E-state index contributed by atoms with van der Waals surface area (Å²) in [6, 6.07) is 24.2. The van der Waals surface area contributed by atoms with Crippen molar-refractivity contribution in [3.63, 3.8) is 0 Å². The number of likely N-dealkylation sites (tertiary alicyclic amines) is 1. The van der Waals surface area contributed by atoms with Crippen molar-refractivity contribution in [2.24, 2.45) is 5.92 Å². The van der Waals surface area contributed by atoms with Gasteiger partial charge in [-0.15, -0.1) is 0 Å². The first-order valence-corrected chi connectivity index (χ1v) is 10.7. The van der Waals surface area contributed by atoms with Crippen LogP contribution in [0.3, 0.4) is 0 Å². The fraction of sp³-hybridized carbons (Fsp3) is 0.308. The van der Waals surface area contributed by atoms with E-state index in [2.05, 4.69) is 35.6 Å². The van der Waals surface area contributed by atoms with Crippen molar-refractivity contribution in [1.29, 1.82) is 0 Å². The molecule has 4 nitrogen and oxygen atoms in total. The molecule has 4 heteroatoms. The predicted molar refractivity (Wildman–Crippen MR) is 120 cm³/mol. The third-order valence-corrected chi connectivity index (χ3v) is 5.98. The quantitative estimate of drug-likeness (QED) is 0.686. The van der Waals surface area contributed by atoms with Gasteiger partial charge < -0.3 is 10.2 Å². The minimum atomic E-state index is -0.152. The molecule has 1 fully saturated rings. The maximum atomic E-state index is 12.9. The van der Waals surface area contributed by atoms with Crippen molar-refractivity contribution in [2.75, 3.05) is 13.1 Å². The Labute approximate surface area is 177 Å². The van der Waals surface area contributed by atoms with E-state index in [-0.39, 0.29) is 23.8 Å². The van der Waals surface area contributed by atoms with E-state index in [0.717, 1.165) is 30.5 Å². The van der Waals surface area contributed by atoms with Gasteiger partial charge in [0.05, 0.1) is 18.4 Å². The zero-order valence-corrected chi connectivity index (χ0v) is 17.4. The Bertz CT molecular complexity index is 1030. The molecule has 1 aliphatic heterocycles. The highest BCUT2D eigenvalue weighted by Crippen LogP contribution is 2.22. The molecule has 1 heterocycles. The molecule has 1 N–H and O–H groups in total. The van der Waals surface area contributed by atoms with Gasteiger partial charge in [-0.3, -0.25) is 9.59 Å². The van der Waals surface area contributed by atoms with Crippen LogP contribution in [0.5, 0.6) is 0 Å². The van der Waals surface area contributed by atoms with Gasteiger partial charge in [0.15, 0.2) is 0 Å². The van der Waals surface area contributed by atoms with Crippen LogP contribution in [0.15, 0.2) is 72.8 Å². The van der Waals surface area contributed by atoms with Crippen LogP contribution in [0.4, 0.5) is 0 Å². The molecule has 3 aromatic carbocycles. The van der Waals surface area contributed by atoms with Crippen LogP contribution < -0.4 is 5.32 Å². The first-order valence-electron chi connectivity index (χ1n) is 10.7. The molecule has 0 unspecified atom stereocenters. The summed E-state index contributed by atoms with van der Waals surface area (Å²) in [5.74, 6) is -0.0180.